The van der Waals surface area contributed by atoms with Crippen LogP contribution in [0.15, 0.2) is 30.3 Å². The number of methoxy groups -OCH3 is 1. The highest BCUT2D eigenvalue weighted by molar-refractivity contribution is 6.30. The standard InChI is InChI=1S/C16H16ClFO2/c1-9-7-8-12(16(20-3)10(9)2)15(19)11-5-4-6-13(17)14(11)18/h4-8,15,19H,1-3H3. The van der Waals surface area contributed by atoms with Gasteiger partial charge in [0.2, 0.25) is 0 Å². The number of aliphatic hydroxyl groups is 1. The normalized spacial score (nSPS) is 12.3. The van der Waals surface area contributed by atoms with Crippen LogP contribution < -0.4 is 4.74 Å². The minimum atomic E-state index is -1.12. The van der Waals surface area contributed by atoms with Crippen LogP contribution >= 0.6 is 11.6 Å². The number of hydrogen-bond donors (Lipinski definition) is 1. The van der Waals surface area contributed by atoms with Gasteiger partial charge in [0.1, 0.15) is 17.7 Å². The van der Waals surface area contributed by atoms with Crippen molar-refractivity contribution in [3.63, 3.8) is 0 Å². The molecule has 0 aromatic heterocycles. The second-order valence-corrected chi connectivity index (χ2v) is 5.08. The average molecular weight is 295 g/mol. The van der Waals surface area contributed by atoms with Gasteiger partial charge in [-0.15, -0.1) is 0 Å². The summed E-state index contributed by atoms with van der Waals surface area (Å²) in [4.78, 5) is 0. The van der Waals surface area contributed by atoms with Gasteiger partial charge in [0.15, 0.2) is 0 Å². The van der Waals surface area contributed by atoms with Crippen LogP contribution in [-0.2, 0) is 0 Å². The molecule has 2 nitrogen and oxygen atoms in total. The van der Waals surface area contributed by atoms with Gasteiger partial charge in [-0.3, -0.25) is 0 Å². The fourth-order valence-corrected chi connectivity index (χ4v) is 2.38. The van der Waals surface area contributed by atoms with E-state index in [4.69, 9.17) is 16.3 Å². The van der Waals surface area contributed by atoms with Crippen LogP contribution in [0.1, 0.15) is 28.4 Å². The van der Waals surface area contributed by atoms with E-state index >= 15 is 0 Å². The van der Waals surface area contributed by atoms with Crippen LogP contribution in [-0.4, -0.2) is 12.2 Å². The van der Waals surface area contributed by atoms with Crippen LogP contribution in [0, 0.1) is 19.7 Å². The van der Waals surface area contributed by atoms with Gasteiger partial charge in [-0.25, -0.2) is 4.39 Å². The number of halogens is 2. The molecule has 0 bridgehead atoms. The van der Waals surface area contributed by atoms with Crippen LogP contribution in [0.4, 0.5) is 4.39 Å². The Balaban J connectivity index is 2.56. The Morgan fingerprint density at radius 3 is 2.50 bits per heavy atom. The first kappa shape index (κ1) is 14.8. The third-order valence-electron chi connectivity index (χ3n) is 3.48. The third-order valence-corrected chi connectivity index (χ3v) is 3.77. The highest BCUT2D eigenvalue weighted by Gasteiger charge is 2.21. The molecule has 4 heteroatoms. The molecular formula is C16H16ClFO2. The van der Waals surface area contributed by atoms with Crippen molar-refractivity contribution in [3.05, 3.63) is 63.4 Å². The maximum absolute atomic E-state index is 14.0. The summed E-state index contributed by atoms with van der Waals surface area (Å²) in [5.74, 6) is -0.0428. The molecule has 2 aromatic rings. The molecule has 0 saturated carbocycles. The molecule has 106 valence electrons. The molecular weight excluding hydrogens is 279 g/mol. The van der Waals surface area contributed by atoms with Crippen molar-refractivity contribution in [2.24, 2.45) is 0 Å². The van der Waals surface area contributed by atoms with Crippen LogP contribution in [0.5, 0.6) is 5.75 Å². The molecule has 20 heavy (non-hydrogen) atoms. The lowest BCUT2D eigenvalue weighted by Crippen LogP contribution is -2.06. The summed E-state index contributed by atoms with van der Waals surface area (Å²) >= 11 is 5.76. The molecule has 0 heterocycles. The van der Waals surface area contributed by atoms with Gasteiger partial charge >= 0.3 is 0 Å². The molecule has 1 N–H and O–H groups in total. The molecule has 0 saturated heterocycles. The maximum Gasteiger partial charge on any atom is 0.147 e. The van der Waals surface area contributed by atoms with E-state index in [1.165, 1.54) is 19.2 Å². The highest BCUT2D eigenvalue weighted by Crippen LogP contribution is 2.35. The zero-order chi connectivity index (χ0) is 14.9. The zero-order valence-corrected chi connectivity index (χ0v) is 12.3. The van der Waals surface area contributed by atoms with E-state index in [0.29, 0.717) is 11.3 Å². The van der Waals surface area contributed by atoms with Crippen molar-refractivity contribution >= 4 is 11.6 Å². The molecule has 0 radical (unpaired) electrons. The van der Waals surface area contributed by atoms with Gasteiger partial charge < -0.3 is 9.84 Å². The third kappa shape index (κ3) is 2.51. The second kappa shape index (κ2) is 5.81. The summed E-state index contributed by atoms with van der Waals surface area (Å²) in [5, 5.41) is 10.4. The lowest BCUT2D eigenvalue weighted by atomic mass is 9.96. The quantitative estimate of drug-likeness (QED) is 0.920. The van der Waals surface area contributed by atoms with Crippen molar-refractivity contribution in [3.8, 4) is 5.75 Å². The van der Waals surface area contributed by atoms with Gasteiger partial charge in [-0.05, 0) is 31.0 Å². The zero-order valence-electron chi connectivity index (χ0n) is 11.6. The Morgan fingerprint density at radius 2 is 1.85 bits per heavy atom. The predicted octanol–water partition coefficient (Wildman–Crippen LogP) is 4.19. The molecule has 2 rings (SSSR count). The Hall–Kier alpha value is -1.58. The largest absolute Gasteiger partial charge is 0.496 e. The maximum atomic E-state index is 14.0. The number of aryl methyl sites for hydroxylation is 1. The lowest BCUT2D eigenvalue weighted by Gasteiger charge is -2.19. The minimum Gasteiger partial charge on any atom is -0.496 e. The summed E-state index contributed by atoms with van der Waals surface area (Å²) in [6, 6.07) is 8.19. The molecule has 0 aliphatic carbocycles. The molecule has 0 fully saturated rings. The first-order chi connectivity index (χ1) is 9.47. The number of rotatable bonds is 3. The topological polar surface area (TPSA) is 29.5 Å². The first-order valence-corrected chi connectivity index (χ1v) is 6.61. The number of aliphatic hydroxyl groups excluding tert-OH is 1. The molecule has 1 atom stereocenters. The smallest absolute Gasteiger partial charge is 0.147 e. The molecule has 2 aromatic carbocycles. The molecule has 0 aliphatic heterocycles. The summed E-state index contributed by atoms with van der Waals surface area (Å²) in [6.45, 7) is 3.85. The van der Waals surface area contributed by atoms with E-state index in [2.05, 4.69) is 0 Å². The van der Waals surface area contributed by atoms with E-state index in [1.807, 2.05) is 19.9 Å². The molecule has 0 spiro atoms. The minimum absolute atomic E-state index is 0.00986. The van der Waals surface area contributed by atoms with Crippen LogP contribution in [0.2, 0.25) is 5.02 Å². The Bertz CT molecular complexity index is 641. The number of benzene rings is 2. The van der Waals surface area contributed by atoms with Gasteiger partial charge in [-0.1, -0.05) is 35.9 Å². The SMILES string of the molecule is COc1c(C(O)c2cccc(Cl)c2F)ccc(C)c1C. The molecule has 0 aliphatic rings. The molecule has 0 amide bonds. The number of ether oxygens (including phenoxy) is 1. The fraction of sp³-hybridized carbons (Fsp3) is 0.250. The summed E-state index contributed by atoms with van der Waals surface area (Å²) < 4.78 is 19.4. The van der Waals surface area contributed by atoms with E-state index in [9.17, 15) is 9.50 Å². The second-order valence-electron chi connectivity index (χ2n) is 4.68. The highest BCUT2D eigenvalue weighted by atomic mass is 35.5. The first-order valence-electron chi connectivity index (χ1n) is 6.23. The van der Waals surface area contributed by atoms with E-state index < -0.39 is 11.9 Å². The fourth-order valence-electron chi connectivity index (χ4n) is 2.20. The van der Waals surface area contributed by atoms with Gasteiger partial charge in [0.25, 0.3) is 0 Å². The van der Waals surface area contributed by atoms with Crippen molar-refractivity contribution in [2.45, 2.75) is 20.0 Å². The average Bonchev–Trinajstić information content (AvgIpc) is 2.44. The van der Waals surface area contributed by atoms with Crippen LogP contribution in [0.25, 0.3) is 0 Å². The summed E-state index contributed by atoms with van der Waals surface area (Å²) in [5.41, 5.74) is 2.63. The number of hydrogen-bond acceptors (Lipinski definition) is 2. The van der Waals surface area contributed by atoms with Crippen molar-refractivity contribution in [1.82, 2.24) is 0 Å². The Morgan fingerprint density at radius 1 is 1.15 bits per heavy atom. The summed E-state index contributed by atoms with van der Waals surface area (Å²) in [7, 11) is 1.53. The van der Waals surface area contributed by atoms with Crippen molar-refractivity contribution in [1.29, 1.82) is 0 Å². The summed E-state index contributed by atoms with van der Waals surface area (Å²) in [6.07, 6.45) is -1.12. The predicted molar refractivity (Wildman–Crippen MR) is 77.9 cm³/mol. The van der Waals surface area contributed by atoms with Crippen LogP contribution in [0.3, 0.4) is 0 Å². The van der Waals surface area contributed by atoms with Gasteiger partial charge in [-0.2, -0.15) is 0 Å². The Kier molecular flexibility index (Phi) is 4.31. The van der Waals surface area contributed by atoms with Gasteiger partial charge in [0, 0.05) is 11.1 Å². The lowest BCUT2D eigenvalue weighted by molar-refractivity contribution is 0.209. The van der Waals surface area contributed by atoms with Crippen molar-refractivity contribution in [2.75, 3.05) is 7.11 Å². The van der Waals surface area contributed by atoms with E-state index in [1.54, 1.807) is 12.1 Å². The van der Waals surface area contributed by atoms with E-state index in [-0.39, 0.29) is 10.6 Å². The monoisotopic (exact) mass is 294 g/mol. The molecule has 1 unspecified atom stereocenters. The Labute approximate surface area is 122 Å². The van der Waals surface area contributed by atoms with Gasteiger partial charge in [0.05, 0.1) is 12.1 Å². The van der Waals surface area contributed by atoms with Crippen molar-refractivity contribution < 1.29 is 14.2 Å². The van der Waals surface area contributed by atoms with E-state index in [0.717, 1.165) is 11.1 Å².